The number of halogens is 1. The minimum Gasteiger partial charge on any atom is -0.287 e. The number of carbonyl (C=O) groups excluding carboxylic acids is 1. The summed E-state index contributed by atoms with van der Waals surface area (Å²) < 4.78 is 0. The molecule has 0 fully saturated rings. The van der Waals surface area contributed by atoms with Crippen LogP contribution in [-0.2, 0) is 6.54 Å². The lowest BCUT2D eigenvalue weighted by Crippen LogP contribution is -2.36. The molecule has 0 atom stereocenters. The Kier molecular flexibility index (Phi) is 5.25. The van der Waals surface area contributed by atoms with Crippen LogP contribution in [0.1, 0.15) is 21.5 Å². The molecule has 3 aromatic rings. The second kappa shape index (κ2) is 7.96. The minimum atomic E-state index is -0.216. The molecule has 0 spiro atoms. The van der Waals surface area contributed by atoms with Crippen LogP contribution in [0.3, 0.4) is 0 Å². The third-order valence-corrected chi connectivity index (χ3v) is 5.54. The molecule has 0 bridgehead atoms. The van der Waals surface area contributed by atoms with Crippen molar-refractivity contribution in [2.45, 2.75) is 16.3 Å². The lowest BCUT2D eigenvalue weighted by Gasteiger charge is -2.09. The second-order valence-corrected chi connectivity index (χ2v) is 7.42. The van der Waals surface area contributed by atoms with Crippen molar-refractivity contribution in [3.63, 3.8) is 0 Å². The van der Waals surface area contributed by atoms with E-state index in [9.17, 15) is 4.79 Å². The molecule has 0 aromatic heterocycles. The molecular weight excluding hydrogens is 378 g/mol. The molecule has 0 saturated heterocycles. The molecule has 4 rings (SSSR count). The number of rotatable bonds is 4. The smallest absolute Gasteiger partial charge is 0.265 e. The SMILES string of the molecule is O=C(NNCc1ccccc1)c1ccc2c(c1)N=C(Cl)c1ccccc1S2. The Morgan fingerprint density at radius 1 is 0.963 bits per heavy atom. The number of carbonyl (C=O) groups is 1. The number of fused-ring (bicyclic) bond motifs is 2. The van der Waals surface area contributed by atoms with Gasteiger partial charge in [-0.05, 0) is 29.8 Å². The topological polar surface area (TPSA) is 53.5 Å². The van der Waals surface area contributed by atoms with Gasteiger partial charge in [-0.1, -0.05) is 71.9 Å². The van der Waals surface area contributed by atoms with E-state index in [1.54, 1.807) is 23.9 Å². The molecule has 134 valence electrons. The number of aliphatic imine (C=N–C) groups is 1. The first-order chi connectivity index (χ1) is 13.2. The van der Waals surface area contributed by atoms with E-state index in [0.29, 0.717) is 23.0 Å². The molecule has 27 heavy (non-hydrogen) atoms. The molecule has 2 N–H and O–H groups in total. The third kappa shape index (κ3) is 4.06. The number of nitrogens with one attached hydrogen (secondary N) is 2. The van der Waals surface area contributed by atoms with Crippen LogP contribution in [0.15, 0.2) is 87.6 Å². The summed E-state index contributed by atoms with van der Waals surface area (Å²) in [5, 5.41) is 0.427. The van der Waals surface area contributed by atoms with Crippen LogP contribution in [0, 0.1) is 0 Å². The van der Waals surface area contributed by atoms with Crippen LogP contribution in [0.5, 0.6) is 0 Å². The average Bonchev–Trinajstić information content (AvgIpc) is 2.84. The van der Waals surface area contributed by atoms with E-state index in [-0.39, 0.29) is 5.91 Å². The van der Waals surface area contributed by atoms with Crippen LogP contribution in [0.4, 0.5) is 5.69 Å². The molecule has 1 aliphatic rings. The molecular formula is C21H16ClN3OS. The summed E-state index contributed by atoms with van der Waals surface area (Å²) in [6.07, 6.45) is 0. The maximum atomic E-state index is 12.4. The van der Waals surface area contributed by atoms with Gasteiger partial charge in [-0.25, -0.2) is 10.4 Å². The Labute approximate surface area is 166 Å². The first-order valence-corrected chi connectivity index (χ1v) is 9.63. The zero-order chi connectivity index (χ0) is 18.6. The number of nitrogens with zero attached hydrogens (tertiary/aromatic N) is 1. The summed E-state index contributed by atoms with van der Waals surface area (Å²) in [7, 11) is 0. The summed E-state index contributed by atoms with van der Waals surface area (Å²) in [5.41, 5.74) is 8.87. The highest BCUT2D eigenvalue weighted by Crippen LogP contribution is 2.41. The van der Waals surface area contributed by atoms with E-state index >= 15 is 0 Å². The van der Waals surface area contributed by atoms with Gasteiger partial charge in [0.05, 0.1) is 5.69 Å². The monoisotopic (exact) mass is 393 g/mol. The van der Waals surface area contributed by atoms with Crippen molar-refractivity contribution in [2.75, 3.05) is 0 Å². The predicted octanol–water partition coefficient (Wildman–Crippen LogP) is 4.90. The number of hydrogen-bond donors (Lipinski definition) is 2. The van der Waals surface area contributed by atoms with Gasteiger partial charge in [-0.3, -0.25) is 10.2 Å². The average molecular weight is 394 g/mol. The van der Waals surface area contributed by atoms with Gasteiger partial charge in [-0.15, -0.1) is 0 Å². The summed E-state index contributed by atoms with van der Waals surface area (Å²) in [6.45, 7) is 0.548. The molecule has 0 aliphatic carbocycles. The third-order valence-electron chi connectivity index (χ3n) is 4.11. The van der Waals surface area contributed by atoms with Crippen LogP contribution in [-0.4, -0.2) is 11.1 Å². The van der Waals surface area contributed by atoms with Crippen molar-refractivity contribution in [2.24, 2.45) is 4.99 Å². The number of amides is 1. The second-order valence-electron chi connectivity index (χ2n) is 5.98. The van der Waals surface area contributed by atoms with Crippen molar-refractivity contribution >= 4 is 40.1 Å². The Morgan fingerprint density at radius 2 is 1.74 bits per heavy atom. The van der Waals surface area contributed by atoms with Gasteiger partial charge in [0, 0.05) is 27.5 Å². The normalized spacial score (nSPS) is 12.4. The van der Waals surface area contributed by atoms with Crippen LogP contribution in [0.2, 0.25) is 0 Å². The van der Waals surface area contributed by atoms with Gasteiger partial charge in [-0.2, -0.15) is 0 Å². The van der Waals surface area contributed by atoms with E-state index < -0.39 is 0 Å². The number of hydrogen-bond acceptors (Lipinski definition) is 4. The van der Waals surface area contributed by atoms with Crippen molar-refractivity contribution in [1.82, 2.24) is 10.9 Å². The highest BCUT2D eigenvalue weighted by atomic mass is 35.5. The van der Waals surface area contributed by atoms with Gasteiger partial charge in [0.15, 0.2) is 0 Å². The fourth-order valence-corrected chi connectivity index (χ4v) is 4.05. The fraction of sp³-hybridized carbons (Fsp3) is 0.0476. The minimum absolute atomic E-state index is 0.216. The maximum absolute atomic E-state index is 12.4. The Balaban J connectivity index is 1.50. The Hall–Kier alpha value is -2.60. The Bertz CT molecular complexity index is 1020. The standard InChI is InChI=1S/C21H16ClN3OS/c22-20-16-8-4-5-9-18(16)27-19-11-10-15(12-17(19)24-20)21(26)25-23-13-14-6-2-1-3-7-14/h1-12,23H,13H2,(H,25,26). The molecule has 6 heteroatoms. The summed E-state index contributed by atoms with van der Waals surface area (Å²) in [4.78, 5) is 19.0. The van der Waals surface area contributed by atoms with Gasteiger partial charge in [0.1, 0.15) is 5.17 Å². The maximum Gasteiger partial charge on any atom is 0.265 e. The highest BCUT2D eigenvalue weighted by molar-refractivity contribution is 7.99. The largest absolute Gasteiger partial charge is 0.287 e. The quantitative estimate of drug-likeness (QED) is 0.619. The lowest BCUT2D eigenvalue weighted by molar-refractivity contribution is 0.0932. The van der Waals surface area contributed by atoms with E-state index in [1.807, 2.05) is 60.7 Å². The van der Waals surface area contributed by atoms with Gasteiger partial charge in [0.25, 0.3) is 5.91 Å². The molecule has 4 nitrogen and oxygen atoms in total. The van der Waals surface area contributed by atoms with Crippen molar-refractivity contribution in [3.8, 4) is 0 Å². The highest BCUT2D eigenvalue weighted by Gasteiger charge is 2.17. The van der Waals surface area contributed by atoms with Crippen molar-refractivity contribution in [1.29, 1.82) is 0 Å². The van der Waals surface area contributed by atoms with Crippen molar-refractivity contribution < 1.29 is 4.79 Å². The van der Waals surface area contributed by atoms with Crippen molar-refractivity contribution in [3.05, 3.63) is 89.5 Å². The first kappa shape index (κ1) is 17.8. The zero-order valence-corrected chi connectivity index (χ0v) is 15.8. The van der Waals surface area contributed by atoms with Crippen LogP contribution in [0.25, 0.3) is 0 Å². The molecule has 0 unspecified atom stereocenters. The summed E-state index contributed by atoms with van der Waals surface area (Å²) in [5.74, 6) is -0.216. The van der Waals surface area contributed by atoms with Gasteiger partial charge in [0.2, 0.25) is 0 Å². The molecule has 1 amide bonds. The fourth-order valence-electron chi connectivity index (χ4n) is 2.74. The first-order valence-electron chi connectivity index (χ1n) is 8.43. The molecule has 1 heterocycles. The van der Waals surface area contributed by atoms with E-state index in [1.165, 1.54) is 0 Å². The van der Waals surface area contributed by atoms with Gasteiger partial charge < -0.3 is 0 Å². The van der Waals surface area contributed by atoms with Crippen LogP contribution < -0.4 is 10.9 Å². The molecule has 0 radical (unpaired) electrons. The zero-order valence-electron chi connectivity index (χ0n) is 14.3. The predicted molar refractivity (Wildman–Crippen MR) is 110 cm³/mol. The Morgan fingerprint density at radius 3 is 2.59 bits per heavy atom. The number of benzene rings is 3. The van der Waals surface area contributed by atoms with Gasteiger partial charge >= 0.3 is 0 Å². The molecule has 0 saturated carbocycles. The number of hydrazine groups is 1. The molecule has 1 aliphatic heterocycles. The van der Waals surface area contributed by atoms with E-state index in [2.05, 4.69) is 15.8 Å². The summed E-state index contributed by atoms with van der Waals surface area (Å²) >= 11 is 7.98. The van der Waals surface area contributed by atoms with E-state index in [0.717, 1.165) is 20.9 Å². The van der Waals surface area contributed by atoms with Crippen LogP contribution >= 0.6 is 23.4 Å². The summed E-state index contributed by atoms with van der Waals surface area (Å²) in [6, 6.07) is 23.2. The lowest BCUT2D eigenvalue weighted by atomic mass is 10.2. The van der Waals surface area contributed by atoms with E-state index in [4.69, 9.17) is 11.6 Å². The molecule has 3 aromatic carbocycles.